The first-order valence-electron chi connectivity index (χ1n) is 8.12. The molecule has 2 rings (SSSR count). The van der Waals surface area contributed by atoms with Gasteiger partial charge in [-0.25, -0.2) is 8.42 Å². The van der Waals surface area contributed by atoms with Crippen molar-refractivity contribution in [2.24, 2.45) is 0 Å². The van der Waals surface area contributed by atoms with Gasteiger partial charge in [0.25, 0.3) is 0 Å². The molecule has 0 aliphatic heterocycles. The third kappa shape index (κ3) is 6.46. The van der Waals surface area contributed by atoms with Gasteiger partial charge in [0, 0.05) is 30.2 Å². The van der Waals surface area contributed by atoms with Gasteiger partial charge in [-0.15, -0.1) is 0 Å². The summed E-state index contributed by atoms with van der Waals surface area (Å²) in [7, 11) is -2.39. The number of rotatable bonds is 8. The molecular formula is C18H20BrN3O4S. The lowest BCUT2D eigenvalue weighted by Gasteiger charge is -2.16. The van der Waals surface area contributed by atoms with E-state index in [2.05, 4.69) is 26.6 Å². The second kappa shape index (κ2) is 9.63. The first kappa shape index (κ1) is 21.1. The van der Waals surface area contributed by atoms with Crippen molar-refractivity contribution in [2.75, 3.05) is 25.5 Å². The second-order valence-electron chi connectivity index (χ2n) is 5.73. The highest BCUT2D eigenvalue weighted by atomic mass is 79.9. The Morgan fingerprint density at radius 2 is 1.63 bits per heavy atom. The third-order valence-corrected chi connectivity index (χ3v) is 5.97. The number of amides is 2. The van der Waals surface area contributed by atoms with E-state index < -0.39 is 15.9 Å². The Morgan fingerprint density at radius 3 is 2.26 bits per heavy atom. The summed E-state index contributed by atoms with van der Waals surface area (Å²) in [5, 5.41) is 5.26. The summed E-state index contributed by atoms with van der Waals surface area (Å²) in [5.41, 5.74) is 0.656. The molecule has 2 amide bonds. The predicted octanol–water partition coefficient (Wildman–Crippen LogP) is 2.21. The van der Waals surface area contributed by atoms with E-state index in [-0.39, 0.29) is 30.3 Å². The number of anilines is 1. The summed E-state index contributed by atoms with van der Waals surface area (Å²) in [6.45, 7) is -0.216. The molecule has 0 radical (unpaired) electrons. The van der Waals surface area contributed by atoms with E-state index in [1.165, 1.54) is 19.2 Å². The molecule has 7 nitrogen and oxygen atoms in total. The highest BCUT2D eigenvalue weighted by Gasteiger charge is 2.22. The predicted molar refractivity (Wildman–Crippen MR) is 107 cm³/mol. The van der Waals surface area contributed by atoms with E-state index >= 15 is 0 Å². The molecule has 0 heterocycles. The molecule has 2 aromatic rings. The highest BCUT2D eigenvalue weighted by molar-refractivity contribution is 9.10. The van der Waals surface area contributed by atoms with Gasteiger partial charge in [-0.1, -0.05) is 34.1 Å². The van der Waals surface area contributed by atoms with Gasteiger partial charge in [-0.3, -0.25) is 9.59 Å². The molecule has 27 heavy (non-hydrogen) atoms. The number of hydrogen-bond acceptors (Lipinski definition) is 4. The lowest BCUT2D eigenvalue weighted by Crippen LogP contribution is -2.39. The summed E-state index contributed by atoms with van der Waals surface area (Å²) >= 11 is 3.31. The number of nitrogens with one attached hydrogen (secondary N) is 2. The fourth-order valence-electron chi connectivity index (χ4n) is 2.19. The number of carbonyl (C=O) groups is 2. The fraction of sp³-hybridized carbons (Fsp3) is 0.222. The molecule has 0 fully saturated rings. The molecule has 9 heteroatoms. The molecule has 0 saturated carbocycles. The first-order chi connectivity index (χ1) is 12.8. The maximum Gasteiger partial charge on any atom is 0.243 e. The molecule has 0 saturated heterocycles. The molecule has 0 aliphatic carbocycles. The zero-order chi connectivity index (χ0) is 19.9. The smallest absolute Gasteiger partial charge is 0.243 e. The average Bonchev–Trinajstić information content (AvgIpc) is 2.64. The van der Waals surface area contributed by atoms with Crippen LogP contribution in [0.15, 0.2) is 64.0 Å². The van der Waals surface area contributed by atoms with Gasteiger partial charge in [0.1, 0.15) is 0 Å². The standard InChI is InChI=1S/C18H20BrN3O4S/c1-22(27(25,26)16-5-3-2-4-6-16)13-18(24)20-12-11-17(23)21-15-9-7-14(19)8-10-15/h2-10H,11-13H2,1H3,(H,20,24)(H,21,23). The number of halogens is 1. The maximum atomic E-state index is 12.4. The van der Waals surface area contributed by atoms with Gasteiger partial charge in [-0.2, -0.15) is 4.31 Å². The first-order valence-corrected chi connectivity index (χ1v) is 10.4. The maximum absolute atomic E-state index is 12.4. The van der Waals surface area contributed by atoms with Crippen molar-refractivity contribution < 1.29 is 18.0 Å². The molecule has 0 bridgehead atoms. The van der Waals surface area contributed by atoms with Crippen molar-refractivity contribution in [3.63, 3.8) is 0 Å². The minimum Gasteiger partial charge on any atom is -0.354 e. The summed E-state index contributed by atoms with van der Waals surface area (Å²) in [4.78, 5) is 23.9. The summed E-state index contributed by atoms with van der Waals surface area (Å²) < 4.78 is 26.6. The highest BCUT2D eigenvalue weighted by Crippen LogP contribution is 2.14. The van der Waals surface area contributed by atoms with Crippen LogP contribution in [0.3, 0.4) is 0 Å². The SMILES string of the molecule is CN(CC(=O)NCCC(=O)Nc1ccc(Br)cc1)S(=O)(=O)c1ccccc1. The van der Waals surface area contributed by atoms with Crippen LogP contribution < -0.4 is 10.6 Å². The quantitative estimate of drug-likeness (QED) is 0.640. The molecule has 2 N–H and O–H groups in total. The van der Waals surface area contributed by atoms with Crippen molar-refractivity contribution in [3.8, 4) is 0 Å². The van der Waals surface area contributed by atoms with Crippen LogP contribution in [0.1, 0.15) is 6.42 Å². The van der Waals surface area contributed by atoms with E-state index in [4.69, 9.17) is 0 Å². The molecule has 144 valence electrons. The largest absolute Gasteiger partial charge is 0.354 e. The zero-order valence-electron chi connectivity index (χ0n) is 14.7. The van der Waals surface area contributed by atoms with Crippen molar-refractivity contribution >= 4 is 43.5 Å². The monoisotopic (exact) mass is 453 g/mol. The summed E-state index contributed by atoms with van der Waals surface area (Å²) in [5.74, 6) is -0.726. The van der Waals surface area contributed by atoms with E-state index in [0.29, 0.717) is 5.69 Å². The van der Waals surface area contributed by atoms with Gasteiger partial charge in [0.15, 0.2) is 0 Å². The Balaban J connectivity index is 1.77. The van der Waals surface area contributed by atoms with Crippen molar-refractivity contribution in [1.29, 1.82) is 0 Å². The summed E-state index contributed by atoms with van der Waals surface area (Å²) in [6.07, 6.45) is 0.0803. The van der Waals surface area contributed by atoms with Crippen LogP contribution in [-0.2, 0) is 19.6 Å². The lowest BCUT2D eigenvalue weighted by atomic mass is 10.3. The Kier molecular flexibility index (Phi) is 7.52. The second-order valence-corrected chi connectivity index (χ2v) is 8.69. The van der Waals surface area contributed by atoms with E-state index in [1.54, 1.807) is 42.5 Å². The number of sulfonamides is 1. The van der Waals surface area contributed by atoms with E-state index in [9.17, 15) is 18.0 Å². The Hall–Kier alpha value is -2.23. The molecule has 0 unspecified atom stereocenters. The van der Waals surface area contributed by atoms with Crippen LogP contribution in [0.25, 0.3) is 0 Å². The van der Waals surface area contributed by atoms with E-state index in [1.807, 2.05) is 0 Å². The number of nitrogens with zero attached hydrogens (tertiary/aromatic N) is 1. The van der Waals surface area contributed by atoms with Gasteiger partial charge >= 0.3 is 0 Å². The number of likely N-dealkylation sites (N-methyl/N-ethyl adjacent to an activating group) is 1. The molecule has 0 aliphatic rings. The van der Waals surface area contributed by atoms with Crippen molar-refractivity contribution in [1.82, 2.24) is 9.62 Å². The van der Waals surface area contributed by atoms with Crippen LogP contribution >= 0.6 is 15.9 Å². The molecular weight excluding hydrogens is 434 g/mol. The van der Waals surface area contributed by atoms with Gasteiger partial charge in [0.2, 0.25) is 21.8 Å². The zero-order valence-corrected chi connectivity index (χ0v) is 17.1. The normalized spacial score (nSPS) is 11.2. The van der Waals surface area contributed by atoms with Crippen LogP contribution in [-0.4, -0.2) is 44.7 Å². The molecule has 0 atom stereocenters. The van der Waals surface area contributed by atoms with Gasteiger partial charge in [0.05, 0.1) is 11.4 Å². The molecule has 2 aromatic carbocycles. The van der Waals surface area contributed by atoms with Crippen molar-refractivity contribution in [3.05, 3.63) is 59.1 Å². The fourth-order valence-corrected chi connectivity index (χ4v) is 3.60. The minimum absolute atomic E-state index is 0.0803. The number of carbonyl (C=O) groups excluding carboxylic acids is 2. The number of hydrogen-bond donors (Lipinski definition) is 2. The summed E-state index contributed by atoms with van der Waals surface area (Å²) in [6, 6.07) is 15.0. The molecule has 0 spiro atoms. The topological polar surface area (TPSA) is 95.6 Å². The van der Waals surface area contributed by atoms with Crippen LogP contribution in [0.4, 0.5) is 5.69 Å². The lowest BCUT2D eigenvalue weighted by molar-refractivity contribution is -0.121. The van der Waals surface area contributed by atoms with Crippen LogP contribution in [0.2, 0.25) is 0 Å². The van der Waals surface area contributed by atoms with Crippen molar-refractivity contribution in [2.45, 2.75) is 11.3 Å². The number of benzene rings is 2. The Bertz CT molecular complexity index is 887. The van der Waals surface area contributed by atoms with Gasteiger partial charge in [-0.05, 0) is 36.4 Å². The Morgan fingerprint density at radius 1 is 1.00 bits per heavy atom. The van der Waals surface area contributed by atoms with Crippen LogP contribution in [0, 0.1) is 0 Å². The Labute approximate surface area is 166 Å². The minimum atomic E-state index is -3.73. The van der Waals surface area contributed by atoms with Crippen LogP contribution in [0.5, 0.6) is 0 Å². The molecule has 0 aromatic heterocycles. The third-order valence-electron chi connectivity index (χ3n) is 3.62. The van der Waals surface area contributed by atoms with Gasteiger partial charge < -0.3 is 10.6 Å². The van der Waals surface area contributed by atoms with E-state index in [0.717, 1.165) is 8.78 Å². The average molecular weight is 454 g/mol.